The fourth-order valence-corrected chi connectivity index (χ4v) is 3.56. The molecule has 2 N–H and O–H groups in total. The van der Waals surface area contributed by atoms with E-state index in [1.165, 1.54) is 0 Å². The zero-order valence-corrected chi connectivity index (χ0v) is 21.1. The maximum Gasteiger partial charge on any atom is 0.257 e. The van der Waals surface area contributed by atoms with E-state index >= 15 is 0 Å². The summed E-state index contributed by atoms with van der Waals surface area (Å²) in [6, 6.07) is 23.8. The van der Waals surface area contributed by atoms with Crippen LogP contribution in [0.5, 0.6) is 5.75 Å². The molecule has 3 rings (SSSR count). The van der Waals surface area contributed by atoms with Crippen LogP contribution < -0.4 is 15.4 Å². The van der Waals surface area contributed by atoms with Crippen molar-refractivity contribution in [3.63, 3.8) is 0 Å². The highest BCUT2D eigenvalue weighted by Gasteiger charge is 2.17. The van der Waals surface area contributed by atoms with E-state index in [1.54, 1.807) is 60.5 Å². The zero-order valence-electron chi connectivity index (χ0n) is 20.3. The molecule has 0 bridgehead atoms. The van der Waals surface area contributed by atoms with Gasteiger partial charge in [0.05, 0.1) is 17.9 Å². The van der Waals surface area contributed by atoms with Crippen LogP contribution in [0.1, 0.15) is 46.5 Å². The van der Waals surface area contributed by atoms with Crippen molar-refractivity contribution < 1.29 is 14.3 Å². The Morgan fingerprint density at radius 2 is 1.60 bits per heavy atom. The summed E-state index contributed by atoms with van der Waals surface area (Å²) < 4.78 is 5.70. The summed E-state index contributed by atoms with van der Waals surface area (Å²) in [4.78, 5) is 27.4. The minimum atomic E-state index is -0.346. The van der Waals surface area contributed by atoms with Crippen LogP contribution in [0, 0.1) is 5.92 Å². The molecule has 2 amide bonds. The predicted molar refractivity (Wildman–Crippen MR) is 144 cm³/mol. The van der Waals surface area contributed by atoms with Crippen LogP contribution in [-0.2, 0) is 6.54 Å². The SMILES string of the molecule is CC(C)CCOc1ccc(C(=O)NC(=S)Nc2ccccc2C(=O)N(C)Cc2ccccc2)cc1. The van der Waals surface area contributed by atoms with Crippen LogP contribution in [-0.4, -0.2) is 35.5 Å². The van der Waals surface area contributed by atoms with E-state index in [1.807, 2.05) is 30.3 Å². The molecule has 0 fully saturated rings. The molecule has 0 aromatic heterocycles. The van der Waals surface area contributed by atoms with Crippen LogP contribution in [0.2, 0.25) is 0 Å². The summed E-state index contributed by atoms with van der Waals surface area (Å²) in [5.74, 6) is 0.786. The van der Waals surface area contributed by atoms with Gasteiger partial charge >= 0.3 is 0 Å². The predicted octanol–water partition coefficient (Wildman–Crippen LogP) is 5.51. The quantitative estimate of drug-likeness (QED) is 0.388. The largest absolute Gasteiger partial charge is 0.494 e. The van der Waals surface area contributed by atoms with Crippen LogP contribution in [0.25, 0.3) is 0 Å². The van der Waals surface area contributed by atoms with Gasteiger partial charge in [0.25, 0.3) is 11.8 Å². The number of rotatable bonds is 9. The van der Waals surface area contributed by atoms with Crippen molar-refractivity contribution in [2.75, 3.05) is 19.0 Å². The maximum absolute atomic E-state index is 13.1. The minimum absolute atomic E-state index is 0.109. The molecule has 0 heterocycles. The fraction of sp³-hybridized carbons (Fsp3) is 0.250. The van der Waals surface area contributed by atoms with Crippen molar-refractivity contribution in [3.8, 4) is 5.75 Å². The average molecular weight is 490 g/mol. The number of para-hydroxylation sites is 1. The lowest BCUT2D eigenvalue weighted by Crippen LogP contribution is -2.35. The van der Waals surface area contributed by atoms with Gasteiger partial charge in [-0.1, -0.05) is 56.3 Å². The Bertz CT molecular complexity index is 1150. The lowest BCUT2D eigenvalue weighted by Gasteiger charge is -2.20. The first-order valence-corrected chi connectivity index (χ1v) is 12.0. The molecular weight excluding hydrogens is 458 g/mol. The van der Waals surface area contributed by atoms with Gasteiger partial charge in [0.1, 0.15) is 5.75 Å². The monoisotopic (exact) mass is 489 g/mol. The summed E-state index contributed by atoms with van der Waals surface area (Å²) in [7, 11) is 1.75. The number of carbonyl (C=O) groups excluding carboxylic acids is 2. The van der Waals surface area contributed by atoms with Crippen LogP contribution >= 0.6 is 12.2 Å². The highest BCUT2D eigenvalue weighted by atomic mass is 32.1. The third-order valence-corrected chi connectivity index (χ3v) is 5.53. The van der Waals surface area contributed by atoms with Crippen LogP contribution in [0.15, 0.2) is 78.9 Å². The first kappa shape index (κ1) is 25.9. The van der Waals surface area contributed by atoms with Crippen molar-refractivity contribution in [2.24, 2.45) is 5.92 Å². The van der Waals surface area contributed by atoms with Gasteiger partial charge in [-0.2, -0.15) is 0 Å². The minimum Gasteiger partial charge on any atom is -0.494 e. The first-order valence-electron chi connectivity index (χ1n) is 11.6. The van der Waals surface area contributed by atoms with Gasteiger partial charge in [-0.25, -0.2) is 0 Å². The average Bonchev–Trinajstić information content (AvgIpc) is 2.84. The van der Waals surface area contributed by atoms with Gasteiger partial charge in [0, 0.05) is 19.2 Å². The molecule has 0 aliphatic rings. The second-order valence-corrected chi connectivity index (χ2v) is 9.06. The van der Waals surface area contributed by atoms with Crippen molar-refractivity contribution in [1.82, 2.24) is 10.2 Å². The molecule has 3 aromatic rings. The Morgan fingerprint density at radius 3 is 2.29 bits per heavy atom. The molecule has 0 atom stereocenters. The lowest BCUT2D eigenvalue weighted by atomic mass is 10.1. The third kappa shape index (κ3) is 7.93. The van der Waals surface area contributed by atoms with Gasteiger partial charge < -0.3 is 15.0 Å². The van der Waals surface area contributed by atoms with E-state index in [9.17, 15) is 9.59 Å². The van der Waals surface area contributed by atoms with Gasteiger partial charge in [-0.05, 0) is 66.5 Å². The van der Waals surface area contributed by atoms with Crippen molar-refractivity contribution in [1.29, 1.82) is 0 Å². The van der Waals surface area contributed by atoms with E-state index in [0.29, 0.717) is 35.9 Å². The second-order valence-electron chi connectivity index (χ2n) is 8.66. The first-order chi connectivity index (χ1) is 16.8. The van der Waals surface area contributed by atoms with E-state index in [0.717, 1.165) is 17.7 Å². The van der Waals surface area contributed by atoms with Gasteiger partial charge in [-0.15, -0.1) is 0 Å². The highest BCUT2D eigenvalue weighted by molar-refractivity contribution is 7.80. The summed E-state index contributed by atoms with van der Waals surface area (Å²) in [5, 5.41) is 5.77. The topological polar surface area (TPSA) is 70.7 Å². The van der Waals surface area contributed by atoms with E-state index in [4.69, 9.17) is 17.0 Å². The number of nitrogens with one attached hydrogen (secondary N) is 2. The number of thiocarbonyl (C=S) groups is 1. The number of ether oxygens (including phenoxy) is 1. The lowest BCUT2D eigenvalue weighted by molar-refractivity contribution is 0.0786. The molecule has 35 heavy (non-hydrogen) atoms. The molecule has 0 aliphatic heterocycles. The summed E-state index contributed by atoms with van der Waals surface area (Å²) in [5.41, 5.74) is 2.48. The fourth-order valence-electron chi connectivity index (χ4n) is 3.36. The smallest absolute Gasteiger partial charge is 0.257 e. The standard InChI is InChI=1S/C28H31N3O3S/c1-20(2)17-18-34-23-15-13-22(14-16-23)26(32)30-28(35)29-25-12-8-7-11-24(25)27(33)31(3)19-21-9-5-4-6-10-21/h4-16,20H,17-19H2,1-3H3,(H2,29,30,32,35). The third-order valence-electron chi connectivity index (χ3n) is 5.32. The number of hydrogen-bond acceptors (Lipinski definition) is 4. The number of nitrogens with zero attached hydrogens (tertiary/aromatic N) is 1. The van der Waals surface area contributed by atoms with E-state index in [2.05, 4.69) is 24.5 Å². The normalized spacial score (nSPS) is 10.5. The molecule has 6 nitrogen and oxygen atoms in total. The summed E-state index contributed by atoms with van der Waals surface area (Å²) >= 11 is 5.34. The molecule has 0 spiro atoms. The number of benzene rings is 3. The molecule has 0 saturated carbocycles. The van der Waals surface area contributed by atoms with E-state index in [-0.39, 0.29) is 16.9 Å². The van der Waals surface area contributed by atoms with E-state index < -0.39 is 0 Å². The Hall–Kier alpha value is -3.71. The van der Waals surface area contributed by atoms with Crippen molar-refractivity contribution in [2.45, 2.75) is 26.8 Å². The molecule has 3 aromatic carbocycles. The Labute approximate surface area is 212 Å². The molecule has 7 heteroatoms. The summed E-state index contributed by atoms with van der Waals surface area (Å²) in [6.07, 6.45) is 0.966. The number of hydrogen-bond donors (Lipinski definition) is 2. The second kappa shape index (κ2) is 12.7. The van der Waals surface area contributed by atoms with Crippen molar-refractivity contribution in [3.05, 3.63) is 95.6 Å². The Kier molecular flexibility index (Phi) is 9.38. The van der Waals surface area contributed by atoms with Crippen LogP contribution in [0.4, 0.5) is 5.69 Å². The highest BCUT2D eigenvalue weighted by Crippen LogP contribution is 2.18. The Balaban J connectivity index is 1.59. The number of anilines is 1. The van der Waals surface area contributed by atoms with Crippen LogP contribution in [0.3, 0.4) is 0 Å². The Morgan fingerprint density at radius 1 is 0.943 bits per heavy atom. The molecule has 182 valence electrons. The molecular formula is C28H31N3O3S. The van der Waals surface area contributed by atoms with Gasteiger partial charge in [0.2, 0.25) is 0 Å². The maximum atomic E-state index is 13.1. The number of carbonyl (C=O) groups is 2. The molecule has 0 saturated heterocycles. The molecule has 0 unspecified atom stereocenters. The zero-order chi connectivity index (χ0) is 25.2. The van der Waals surface area contributed by atoms with Gasteiger partial charge in [-0.3, -0.25) is 14.9 Å². The molecule has 0 radical (unpaired) electrons. The molecule has 0 aliphatic carbocycles. The van der Waals surface area contributed by atoms with Gasteiger partial charge in [0.15, 0.2) is 5.11 Å². The van der Waals surface area contributed by atoms with Crippen molar-refractivity contribution >= 4 is 34.8 Å². The number of amides is 2. The summed E-state index contributed by atoms with van der Waals surface area (Å²) in [6.45, 7) is 5.40.